The number of rotatable bonds is 6. The Morgan fingerprint density at radius 1 is 0.962 bits per heavy atom. The summed E-state index contributed by atoms with van der Waals surface area (Å²) in [5.41, 5.74) is 1.49. The van der Waals surface area contributed by atoms with Crippen molar-refractivity contribution < 1.29 is 24.3 Å². The lowest BCUT2D eigenvalue weighted by atomic mass is 10.1. The maximum absolute atomic E-state index is 12.2. The molecule has 0 saturated heterocycles. The fraction of sp³-hybridized carbons (Fsp3) is 0.158. The number of carboxylic acids is 1. The highest BCUT2D eigenvalue weighted by Crippen LogP contribution is 2.22. The van der Waals surface area contributed by atoms with Crippen molar-refractivity contribution in [2.24, 2.45) is 0 Å². The first-order valence-electron chi connectivity index (χ1n) is 8.01. The van der Waals surface area contributed by atoms with Crippen molar-refractivity contribution in [2.45, 2.75) is 13.0 Å². The fourth-order valence-corrected chi connectivity index (χ4v) is 2.76. The smallest absolute Gasteiger partial charge is 0.335 e. The zero-order chi connectivity index (χ0) is 18.7. The third kappa shape index (κ3) is 3.46. The zero-order valence-corrected chi connectivity index (χ0v) is 13.8. The molecule has 1 aliphatic rings. The van der Waals surface area contributed by atoms with Crippen molar-refractivity contribution >= 4 is 23.7 Å². The third-order valence-electron chi connectivity index (χ3n) is 4.10. The van der Waals surface area contributed by atoms with Crippen molar-refractivity contribution in [3.05, 3.63) is 70.8 Å². The van der Waals surface area contributed by atoms with Gasteiger partial charge >= 0.3 is 5.97 Å². The summed E-state index contributed by atoms with van der Waals surface area (Å²) in [6, 6.07) is 12.8. The Morgan fingerprint density at radius 2 is 1.62 bits per heavy atom. The van der Waals surface area contributed by atoms with E-state index >= 15 is 0 Å². The molecule has 26 heavy (non-hydrogen) atoms. The molecule has 0 spiro atoms. The van der Waals surface area contributed by atoms with Gasteiger partial charge in [-0.2, -0.15) is 0 Å². The van der Waals surface area contributed by atoms with Crippen LogP contribution in [0, 0.1) is 0 Å². The van der Waals surface area contributed by atoms with Gasteiger partial charge in [-0.25, -0.2) is 4.79 Å². The number of carboxylic acid groups (broad SMARTS) is 1. The minimum Gasteiger partial charge on any atom is -0.478 e. The molecule has 0 radical (unpaired) electrons. The van der Waals surface area contributed by atoms with Crippen LogP contribution in [0.2, 0.25) is 0 Å². The van der Waals surface area contributed by atoms with Gasteiger partial charge in [0.15, 0.2) is 0 Å². The Bertz CT molecular complexity index is 871. The molecule has 0 fully saturated rings. The number of nitrogens with zero attached hydrogens (tertiary/aromatic N) is 1. The van der Waals surface area contributed by atoms with Gasteiger partial charge in [0.05, 0.1) is 16.7 Å². The fourth-order valence-electron chi connectivity index (χ4n) is 2.76. The molecule has 0 bridgehead atoms. The highest BCUT2D eigenvalue weighted by molar-refractivity contribution is 6.21. The first kappa shape index (κ1) is 17.3. The van der Waals surface area contributed by atoms with Gasteiger partial charge in [0.1, 0.15) is 0 Å². The molecule has 7 heteroatoms. The summed E-state index contributed by atoms with van der Waals surface area (Å²) < 4.78 is 0. The van der Waals surface area contributed by atoms with Crippen LogP contribution < -0.4 is 5.32 Å². The molecule has 0 atom stereocenters. The molecule has 1 heterocycles. The van der Waals surface area contributed by atoms with Gasteiger partial charge in [-0.3, -0.25) is 19.3 Å². The van der Waals surface area contributed by atoms with Crippen molar-refractivity contribution in [3.63, 3.8) is 0 Å². The van der Waals surface area contributed by atoms with E-state index in [2.05, 4.69) is 5.32 Å². The quantitative estimate of drug-likeness (QED) is 0.770. The molecule has 1 aliphatic heterocycles. The van der Waals surface area contributed by atoms with Crippen LogP contribution in [0.4, 0.5) is 0 Å². The number of fused-ring (bicyclic) bond motifs is 1. The number of carbonyl (C=O) groups excluding carboxylic acids is 3. The molecule has 132 valence electrons. The minimum absolute atomic E-state index is 0.00660. The number of carbonyl (C=O) groups is 4. The summed E-state index contributed by atoms with van der Waals surface area (Å²) >= 11 is 0. The van der Waals surface area contributed by atoms with E-state index in [0.29, 0.717) is 16.7 Å². The van der Waals surface area contributed by atoms with Crippen LogP contribution in [-0.4, -0.2) is 40.2 Å². The molecule has 7 nitrogen and oxygen atoms in total. The average Bonchev–Trinajstić information content (AvgIpc) is 2.89. The molecule has 3 amide bonds. The standard InChI is InChI=1S/C19H16N2O5/c22-16(20-11-12-4-3-5-13(10-12)19(25)26)8-9-21-17(23)14-6-1-2-7-15(14)18(21)24/h1-7,10H,8-9,11H2,(H,20,22)(H,25,26). The van der Waals surface area contributed by atoms with Gasteiger partial charge in [0.25, 0.3) is 11.8 Å². The zero-order valence-electron chi connectivity index (χ0n) is 13.8. The Labute approximate surface area is 149 Å². The van der Waals surface area contributed by atoms with Gasteiger partial charge in [-0.15, -0.1) is 0 Å². The first-order chi connectivity index (χ1) is 12.5. The van der Waals surface area contributed by atoms with E-state index in [-0.39, 0.29) is 31.0 Å². The lowest BCUT2D eigenvalue weighted by Gasteiger charge is -2.13. The summed E-state index contributed by atoms with van der Waals surface area (Å²) in [5, 5.41) is 11.6. The summed E-state index contributed by atoms with van der Waals surface area (Å²) in [4.78, 5) is 48.4. The number of aromatic carboxylic acids is 1. The molecule has 3 rings (SSSR count). The number of amides is 3. The van der Waals surface area contributed by atoms with E-state index in [4.69, 9.17) is 5.11 Å². The number of hydrogen-bond acceptors (Lipinski definition) is 4. The number of hydrogen-bond donors (Lipinski definition) is 2. The van der Waals surface area contributed by atoms with Crippen molar-refractivity contribution in [2.75, 3.05) is 6.54 Å². The Morgan fingerprint density at radius 3 is 2.23 bits per heavy atom. The predicted molar refractivity (Wildman–Crippen MR) is 91.7 cm³/mol. The molecule has 0 saturated carbocycles. The molecule has 0 aromatic heterocycles. The minimum atomic E-state index is -1.04. The molecule has 0 unspecified atom stereocenters. The largest absolute Gasteiger partial charge is 0.478 e. The summed E-state index contributed by atoms with van der Waals surface area (Å²) in [6.07, 6.45) is -0.0237. The van der Waals surface area contributed by atoms with Crippen LogP contribution in [0.5, 0.6) is 0 Å². The van der Waals surface area contributed by atoms with E-state index in [1.165, 1.54) is 12.1 Å². The van der Waals surface area contributed by atoms with Crippen LogP contribution in [0.25, 0.3) is 0 Å². The average molecular weight is 352 g/mol. The molecular weight excluding hydrogens is 336 g/mol. The van der Waals surface area contributed by atoms with Crippen LogP contribution in [-0.2, 0) is 11.3 Å². The first-order valence-corrected chi connectivity index (χ1v) is 8.01. The number of imide groups is 1. The van der Waals surface area contributed by atoms with Gasteiger partial charge in [-0.05, 0) is 29.8 Å². The van der Waals surface area contributed by atoms with E-state index in [1.807, 2.05) is 0 Å². The highest BCUT2D eigenvalue weighted by Gasteiger charge is 2.34. The van der Waals surface area contributed by atoms with E-state index < -0.39 is 17.8 Å². The SMILES string of the molecule is O=C(CCN1C(=O)c2ccccc2C1=O)NCc1cccc(C(=O)O)c1. The highest BCUT2D eigenvalue weighted by atomic mass is 16.4. The van der Waals surface area contributed by atoms with E-state index in [9.17, 15) is 19.2 Å². The molecular formula is C19H16N2O5. The van der Waals surface area contributed by atoms with Crippen molar-refractivity contribution in [3.8, 4) is 0 Å². The second-order valence-electron chi connectivity index (χ2n) is 5.84. The monoisotopic (exact) mass is 352 g/mol. The Hall–Kier alpha value is -3.48. The summed E-state index contributed by atoms with van der Waals surface area (Å²) in [5.74, 6) is -2.16. The van der Waals surface area contributed by atoms with E-state index in [0.717, 1.165) is 4.90 Å². The van der Waals surface area contributed by atoms with Crippen LogP contribution in [0.15, 0.2) is 48.5 Å². The van der Waals surface area contributed by atoms with Crippen molar-refractivity contribution in [1.82, 2.24) is 10.2 Å². The van der Waals surface area contributed by atoms with Crippen LogP contribution in [0.3, 0.4) is 0 Å². The topological polar surface area (TPSA) is 104 Å². The Balaban J connectivity index is 1.54. The molecule has 2 aromatic carbocycles. The summed E-state index contributed by atoms with van der Waals surface area (Å²) in [6.45, 7) is 0.162. The van der Waals surface area contributed by atoms with Gasteiger partial charge in [-0.1, -0.05) is 24.3 Å². The van der Waals surface area contributed by atoms with Gasteiger partial charge in [0.2, 0.25) is 5.91 Å². The Kier molecular flexibility index (Phi) is 4.79. The van der Waals surface area contributed by atoms with Crippen LogP contribution in [0.1, 0.15) is 43.1 Å². The maximum Gasteiger partial charge on any atom is 0.335 e. The third-order valence-corrected chi connectivity index (χ3v) is 4.10. The second kappa shape index (κ2) is 7.18. The maximum atomic E-state index is 12.2. The normalized spacial score (nSPS) is 12.8. The lowest BCUT2D eigenvalue weighted by Crippen LogP contribution is -2.34. The molecule has 2 aromatic rings. The molecule has 2 N–H and O–H groups in total. The lowest BCUT2D eigenvalue weighted by molar-refractivity contribution is -0.121. The number of nitrogens with one attached hydrogen (secondary N) is 1. The molecule has 0 aliphatic carbocycles. The predicted octanol–water partition coefficient (Wildman–Crippen LogP) is 1.69. The van der Waals surface area contributed by atoms with Gasteiger partial charge in [0, 0.05) is 19.5 Å². The number of benzene rings is 2. The summed E-state index contributed by atoms with van der Waals surface area (Å²) in [7, 11) is 0. The van der Waals surface area contributed by atoms with Crippen molar-refractivity contribution in [1.29, 1.82) is 0 Å². The second-order valence-corrected chi connectivity index (χ2v) is 5.84. The van der Waals surface area contributed by atoms with Crippen LogP contribution >= 0.6 is 0 Å². The van der Waals surface area contributed by atoms with Gasteiger partial charge < -0.3 is 10.4 Å². The van der Waals surface area contributed by atoms with E-state index in [1.54, 1.807) is 36.4 Å².